The summed E-state index contributed by atoms with van der Waals surface area (Å²) in [5.74, 6) is 1.93. The summed E-state index contributed by atoms with van der Waals surface area (Å²) in [7, 11) is 1.53. The second-order valence-corrected chi connectivity index (χ2v) is 7.43. The minimum absolute atomic E-state index is 0.405. The lowest BCUT2D eigenvalue weighted by Crippen LogP contribution is -2.23. The molecule has 0 aliphatic carbocycles. The van der Waals surface area contributed by atoms with Gasteiger partial charge in [-0.25, -0.2) is 9.78 Å². The number of rotatable bonds is 8. The summed E-state index contributed by atoms with van der Waals surface area (Å²) < 4.78 is 5.25. The van der Waals surface area contributed by atoms with Gasteiger partial charge in [-0.05, 0) is 63.2 Å². The van der Waals surface area contributed by atoms with Crippen molar-refractivity contribution in [1.82, 2.24) is 9.97 Å². The summed E-state index contributed by atoms with van der Waals surface area (Å²) in [5, 5.41) is 9.25. The number of anilines is 5. The summed E-state index contributed by atoms with van der Waals surface area (Å²) in [6.45, 7) is 7.88. The predicted molar refractivity (Wildman–Crippen MR) is 131 cm³/mol. The van der Waals surface area contributed by atoms with Gasteiger partial charge in [0.05, 0.1) is 12.8 Å². The number of aryl methyl sites for hydroxylation is 1. The number of carbonyl (C=O) groups is 1. The van der Waals surface area contributed by atoms with Crippen LogP contribution in [0, 0.1) is 6.92 Å². The molecule has 8 nitrogen and oxygen atoms in total. The summed E-state index contributed by atoms with van der Waals surface area (Å²) in [6, 6.07) is 13.8. The quantitative estimate of drug-likeness (QED) is 0.405. The Bertz CT molecular complexity index is 1070. The van der Waals surface area contributed by atoms with E-state index in [0.29, 0.717) is 28.1 Å². The van der Waals surface area contributed by atoms with Crippen molar-refractivity contribution in [2.75, 3.05) is 41.0 Å². The van der Waals surface area contributed by atoms with Crippen LogP contribution in [-0.4, -0.2) is 36.2 Å². The van der Waals surface area contributed by atoms with Crippen molar-refractivity contribution >= 4 is 46.5 Å². The molecule has 1 heterocycles. The first-order chi connectivity index (χ1) is 15.4. The van der Waals surface area contributed by atoms with Crippen molar-refractivity contribution in [3.8, 4) is 5.75 Å². The van der Waals surface area contributed by atoms with Crippen LogP contribution < -0.4 is 25.6 Å². The summed E-state index contributed by atoms with van der Waals surface area (Å²) in [5.41, 5.74) is 2.80. The number of methoxy groups -OCH3 is 1. The molecule has 0 aliphatic heterocycles. The number of benzene rings is 2. The second kappa shape index (κ2) is 10.7. The maximum Gasteiger partial charge on any atom is 0.323 e. The van der Waals surface area contributed by atoms with Gasteiger partial charge in [-0.1, -0.05) is 11.6 Å². The highest BCUT2D eigenvalue weighted by atomic mass is 35.5. The molecule has 32 heavy (non-hydrogen) atoms. The van der Waals surface area contributed by atoms with E-state index >= 15 is 0 Å². The summed E-state index contributed by atoms with van der Waals surface area (Å²) in [6.07, 6.45) is 0. The Morgan fingerprint density at radius 1 is 1.00 bits per heavy atom. The molecular weight excluding hydrogens is 428 g/mol. The first-order valence-corrected chi connectivity index (χ1v) is 10.7. The average molecular weight is 455 g/mol. The van der Waals surface area contributed by atoms with Gasteiger partial charge in [0.2, 0.25) is 5.95 Å². The number of hydrogen-bond donors (Lipinski definition) is 3. The molecule has 9 heteroatoms. The molecule has 0 aliphatic rings. The minimum Gasteiger partial charge on any atom is -0.495 e. The highest BCUT2D eigenvalue weighted by Crippen LogP contribution is 2.28. The molecule has 3 N–H and O–H groups in total. The highest BCUT2D eigenvalue weighted by Gasteiger charge is 2.10. The van der Waals surface area contributed by atoms with Gasteiger partial charge < -0.3 is 25.6 Å². The third-order valence-corrected chi connectivity index (χ3v) is 4.97. The molecule has 2 aromatic carbocycles. The molecule has 0 atom stereocenters. The van der Waals surface area contributed by atoms with Crippen molar-refractivity contribution in [1.29, 1.82) is 0 Å². The Kier molecular flexibility index (Phi) is 7.72. The van der Waals surface area contributed by atoms with E-state index in [4.69, 9.17) is 16.3 Å². The number of carbonyl (C=O) groups excluding carboxylic acids is 1. The number of amides is 2. The van der Waals surface area contributed by atoms with Gasteiger partial charge in [0, 0.05) is 41.2 Å². The zero-order valence-electron chi connectivity index (χ0n) is 18.6. The Hall–Kier alpha value is -3.52. The van der Waals surface area contributed by atoms with Gasteiger partial charge in [-0.2, -0.15) is 4.98 Å². The molecule has 2 amide bonds. The van der Waals surface area contributed by atoms with E-state index in [1.165, 1.54) is 7.11 Å². The lowest BCUT2D eigenvalue weighted by Gasteiger charge is -2.20. The van der Waals surface area contributed by atoms with Crippen LogP contribution in [0.3, 0.4) is 0 Å². The van der Waals surface area contributed by atoms with Crippen LogP contribution in [0.15, 0.2) is 48.5 Å². The van der Waals surface area contributed by atoms with Crippen LogP contribution in [0.2, 0.25) is 5.02 Å². The molecule has 0 bridgehead atoms. The number of halogens is 1. The van der Waals surface area contributed by atoms with E-state index in [-0.39, 0.29) is 0 Å². The van der Waals surface area contributed by atoms with Crippen molar-refractivity contribution in [2.24, 2.45) is 0 Å². The van der Waals surface area contributed by atoms with Gasteiger partial charge in [-0.3, -0.25) is 0 Å². The summed E-state index contributed by atoms with van der Waals surface area (Å²) >= 11 is 6.01. The number of urea groups is 1. The van der Waals surface area contributed by atoms with Crippen molar-refractivity contribution in [3.63, 3.8) is 0 Å². The van der Waals surface area contributed by atoms with Crippen LogP contribution >= 0.6 is 11.6 Å². The first kappa shape index (κ1) is 23.1. The maximum absolute atomic E-state index is 12.4. The van der Waals surface area contributed by atoms with Crippen LogP contribution in [0.4, 0.5) is 33.6 Å². The van der Waals surface area contributed by atoms with Crippen molar-refractivity contribution in [2.45, 2.75) is 20.8 Å². The Morgan fingerprint density at radius 3 is 2.34 bits per heavy atom. The standard InChI is InChI=1S/C23H27ClN6O2/c1-5-30(6-2)21-13-15(3)25-22(29-21)26-17-8-10-18(11-9-17)27-23(31)28-19-14-16(24)7-12-20(19)32-4/h7-14H,5-6H2,1-4H3,(H,25,26,29)(H2,27,28,31). The van der Waals surface area contributed by atoms with Gasteiger partial charge in [-0.15, -0.1) is 0 Å². The van der Waals surface area contributed by atoms with Crippen LogP contribution in [0.1, 0.15) is 19.5 Å². The minimum atomic E-state index is -0.405. The second-order valence-electron chi connectivity index (χ2n) is 6.99. The summed E-state index contributed by atoms with van der Waals surface area (Å²) in [4.78, 5) is 23.6. The number of aromatic nitrogens is 2. The number of nitrogens with zero attached hydrogens (tertiary/aromatic N) is 3. The third-order valence-electron chi connectivity index (χ3n) is 4.74. The zero-order chi connectivity index (χ0) is 23.1. The average Bonchev–Trinajstić information content (AvgIpc) is 2.76. The fourth-order valence-corrected chi connectivity index (χ4v) is 3.32. The fourth-order valence-electron chi connectivity index (χ4n) is 3.15. The molecule has 3 rings (SSSR count). The number of hydrogen-bond acceptors (Lipinski definition) is 6. The van der Waals surface area contributed by atoms with Gasteiger partial charge in [0.1, 0.15) is 11.6 Å². The lowest BCUT2D eigenvalue weighted by atomic mass is 10.2. The predicted octanol–water partition coefficient (Wildman–Crippen LogP) is 5.68. The van der Waals surface area contributed by atoms with Crippen molar-refractivity contribution < 1.29 is 9.53 Å². The maximum atomic E-state index is 12.4. The van der Waals surface area contributed by atoms with E-state index in [1.54, 1.807) is 30.3 Å². The highest BCUT2D eigenvalue weighted by molar-refractivity contribution is 6.31. The number of nitrogens with one attached hydrogen (secondary N) is 3. The Labute approximate surface area is 193 Å². The third kappa shape index (κ3) is 6.01. The smallest absolute Gasteiger partial charge is 0.323 e. The molecule has 0 fully saturated rings. The topological polar surface area (TPSA) is 91.4 Å². The van der Waals surface area contributed by atoms with Crippen LogP contribution in [-0.2, 0) is 0 Å². The zero-order valence-corrected chi connectivity index (χ0v) is 19.3. The van der Waals surface area contributed by atoms with E-state index in [9.17, 15) is 4.79 Å². The molecule has 0 saturated carbocycles. The Morgan fingerprint density at radius 2 is 1.69 bits per heavy atom. The SMILES string of the molecule is CCN(CC)c1cc(C)nc(Nc2ccc(NC(=O)Nc3cc(Cl)ccc3OC)cc2)n1. The van der Waals surface area contributed by atoms with E-state index in [2.05, 4.69) is 44.7 Å². The monoisotopic (exact) mass is 454 g/mol. The Balaban J connectivity index is 1.66. The molecule has 3 aromatic rings. The van der Waals surface area contributed by atoms with Crippen molar-refractivity contribution in [3.05, 3.63) is 59.2 Å². The molecule has 0 radical (unpaired) electrons. The number of ether oxygens (including phenoxy) is 1. The van der Waals surface area contributed by atoms with E-state index < -0.39 is 6.03 Å². The van der Waals surface area contributed by atoms with Crippen LogP contribution in [0.25, 0.3) is 0 Å². The first-order valence-electron chi connectivity index (χ1n) is 10.3. The van der Waals surface area contributed by atoms with Gasteiger partial charge in [0.25, 0.3) is 0 Å². The molecule has 0 saturated heterocycles. The largest absolute Gasteiger partial charge is 0.495 e. The van der Waals surface area contributed by atoms with Crippen LogP contribution in [0.5, 0.6) is 5.75 Å². The normalized spacial score (nSPS) is 10.4. The molecular formula is C23H27ClN6O2. The van der Waals surface area contributed by atoms with E-state index in [1.807, 2.05) is 25.1 Å². The fraction of sp³-hybridized carbons (Fsp3) is 0.261. The lowest BCUT2D eigenvalue weighted by molar-refractivity contribution is 0.262. The van der Waals surface area contributed by atoms with Gasteiger partial charge >= 0.3 is 6.03 Å². The van der Waals surface area contributed by atoms with E-state index in [0.717, 1.165) is 30.3 Å². The molecule has 1 aromatic heterocycles. The molecule has 0 unspecified atom stereocenters. The molecule has 168 valence electrons. The van der Waals surface area contributed by atoms with Gasteiger partial charge in [0.15, 0.2) is 0 Å². The molecule has 0 spiro atoms.